The van der Waals surface area contributed by atoms with Crippen molar-refractivity contribution in [2.45, 2.75) is 0 Å². The average molecular weight is 396 g/mol. The van der Waals surface area contributed by atoms with Gasteiger partial charge in [0.05, 0.1) is 18.9 Å². The maximum Gasteiger partial charge on any atom is 0.258 e. The van der Waals surface area contributed by atoms with Crippen LogP contribution in [0.2, 0.25) is 5.02 Å². The van der Waals surface area contributed by atoms with Gasteiger partial charge in [-0.3, -0.25) is 9.48 Å². The third-order valence-electron chi connectivity index (χ3n) is 3.77. The van der Waals surface area contributed by atoms with Gasteiger partial charge in [-0.25, -0.2) is 0 Å². The number of ether oxygens (including phenoxy) is 2. The van der Waals surface area contributed by atoms with E-state index in [4.69, 9.17) is 21.1 Å². The number of nitrogens with one attached hydrogen (secondary N) is 1. The standard InChI is InChI=1S/C21H18ClN3O3/c1-25-14-16(13-23-25)21(26)24-18-9-10-19(20(12-18)27-2)28-11-3-4-15-5-7-17(22)8-6-15/h5-10,12-14H,11H2,1-2H3,(H,24,26). The highest BCUT2D eigenvalue weighted by Gasteiger charge is 2.11. The molecule has 142 valence electrons. The van der Waals surface area contributed by atoms with E-state index in [-0.39, 0.29) is 12.5 Å². The predicted octanol–water partition coefficient (Wildman–Crippen LogP) is 3.76. The number of rotatable bonds is 5. The van der Waals surface area contributed by atoms with Gasteiger partial charge in [-0.2, -0.15) is 5.10 Å². The first-order chi connectivity index (χ1) is 13.5. The van der Waals surface area contributed by atoms with Crippen LogP contribution in [0.3, 0.4) is 0 Å². The summed E-state index contributed by atoms with van der Waals surface area (Å²) in [6, 6.07) is 12.4. The molecule has 0 unspecified atom stereocenters. The Hall–Kier alpha value is -3.43. The molecule has 6 nitrogen and oxygen atoms in total. The molecule has 7 heteroatoms. The molecule has 0 radical (unpaired) electrons. The van der Waals surface area contributed by atoms with E-state index in [2.05, 4.69) is 22.3 Å². The lowest BCUT2D eigenvalue weighted by Gasteiger charge is -2.11. The van der Waals surface area contributed by atoms with Crippen LogP contribution >= 0.6 is 11.6 Å². The number of aromatic nitrogens is 2. The molecular formula is C21H18ClN3O3. The maximum atomic E-state index is 12.2. The molecule has 3 rings (SSSR count). The van der Waals surface area contributed by atoms with Gasteiger partial charge in [0.1, 0.15) is 6.61 Å². The lowest BCUT2D eigenvalue weighted by molar-refractivity contribution is 0.102. The van der Waals surface area contributed by atoms with Crippen molar-refractivity contribution in [3.8, 4) is 23.3 Å². The molecule has 0 aliphatic heterocycles. The highest BCUT2D eigenvalue weighted by atomic mass is 35.5. The molecule has 0 atom stereocenters. The third kappa shape index (κ3) is 5.06. The summed E-state index contributed by atoms with van der Waals surface area (Å²) in [5.41, 5.74) is 1.91. The van der Waals surface area contributed by atoms with Crippen LogP contribution < -0.4 is 14.8 Å². The van der Waals surface area contributed by atoms with Gasteiger partial charge in [-0.1, -0.05) is 23.4 Å². The second kappa shape index (κ2) is 8.98. The largest absolute Gasteiger partial charge is 0.493 e. The summed E-state index contributed by atoms with van der Waals surface area (Å²) in [6.07, 6.45) is 3.15. The van der Waals surface area contributed by atoms with Crippen molar-refractivity contribution in [2.24, 2.45) is 7.05 Å². The lowest BCUT2D eigenvalue weighted by atomic mass is 10.2. The molecule has 0 bridgehead atoms. The van der Waals surface area contributed by atoms with Gasteiger partial charge in [0.2, 0.25) is 0 Å². The van der Waals surface area contributed by atoms with Gasteiger partial charge in [0.15, 0.2) is 11.5 Å². The lowest BCUT2D eigenvalue weighted by Crippen LogP contribution is -2.11. The number of amides is 1. The van der Waals surface area contributed by atoms with Crippen molar-refractivity contribution in [1.29, 1.82) is 0 Å². The van der Waals surface area contributed by atoms with E-state index in [0.717, 1.165) is 5.56 Å². The molecular weight excluding hydrogens is 378 g/mol. The Morgan fingerprint density at radius 2 is 2.00 bits per heavy atom. The van der Waals surface area contributed by atoms with Crippen LogP contribution in [-0.2, 0) is 7.05 Å². The minimum Gasteiger partial charge on any atom is -0.493 e. The van der Waals surface area contributed by atoms with Crippen LogP contribution in [0, 0.1) is 11.8 Å². The van der Waals surface area contributed by atoms with Crippen LogP contribution in [-0.4, -0.2) is 29.4 Å². The fourth-order valence-electron chi connectivity index (χ4n) is 2.39. The summed E-state index contributed by atoms with van der Waals surface area (Å²) in [7, 11) is 3.29. The average Bonchev–Trinajstić information content (AvgIpc) is 3.14. The zero-order valence-electron chi connectivity index (χ0n) is 15.4. The Labute approximate surface area is 168 Å². The molecule has 1 heterocycles. The van der Waals surface area contributed by atoms with Gasteiger partial charge in [-0.15, -0.1) is 0 Å². The fraction of sp³-hybridized carbons (Fsp3) is 0.143. The summed E-state index contributed by atoms with van der Waals surface area (Å²) in [5, 5.41) is 7.46. The molecule has 0 fully saturated rings. The van der Waals surface area contributed by atoms with Gasteiger partial charge in [-0.05, 0) is 36.4 Å². The number of benzene rings is 2. The zero-order chi connectivity index (χ0) is 19.9. The first-order valence-corrected chi connectivity index (χ1v) is 8.78. The van der Waals surface area contributed by atoms with E-state index < -0.39 is 0 Å². The van der Waals surface area contributed by atoms with Crippen molar-refractivity contribution in [3.05, 3.63) is 71.0 Å². The number of hydrogen-bond acceptors (Lipinski definition) is 4. The van der Waals surface area contributed by atoms with Crippen molar-refractivity contribution >= 4 is 23.2 Å². The van der Waals surface area contributed by atoms with Crippen LogP contribution in [0.5, 0.6) is 11.5 Å². The Balaban J connectivity index is 1.63. The van der Waals surface area contributed by atoms with Crippen LogP contribution in [0.4, 0.5) is 5.69 Å². The number of methoxy groups -OCH3 is 1. The molecule has 2 aromatic carbocycles. The molecule has 0 saturated heterocycles. The minimum atomic E-state index is -0.252. The summed E-state index contributed by atoms with van der Waals surface area (Å²) >= 11 is 5.85. The molecule has 0 spiro atoms. The van der Waals surface area contributed by atoms with E-state index in [1.54, 1.807) is 48.3 Å². The van der Waals surface area contributed by atoms with E-state index in [0.29, 0.717) is 27.8 Å². The molecule has 0 saturated carbocycles. The molecule has 28 heavy (non-hydrogen) atoms. The smallest absolute Gasteiger partial charge is 0.258 e. The summed E-state index contributed by atoms with van der Waals surface area (Å²) in [6.45, 7) is 0.195. The third-order valence-corrected chi connectivity index (χ3v) is 4.02. The molecule has 1 aromatic heterocycles. The van der Waals surface area contributed by atoms with Crippen molar-refractivity contribution in [2.75, 3.05) is 19.0 Å². The van der Waals surface area contributed by atoms with Gasteiger partial charge >= 0.3 is 0 Å². The molecule has 0 aliphatic carbocycles. The number of halogens is 1. The highest BCUT2D eigenvalue weighted by molar-refractivity contribution is 6.30. The molecule has 0 aliphatic rings. The number of carbonyl (C=O) groups excluding carboxylic acids is 1. The molecule has 1 N–H and O–H groups in total. The number of anilines is 1. The minimum absolute atomic E-state index is 0.195. The highest BCUT2D eigenvalue weighted by Crippen LogP contribution is 2.30. The van der Waals surface area contributed by atoms with Crippen LogP contribution in [0.15, 0.2) is 54.9 Å². The van der Waals surface area contributed by atoms with E-state index in [1.165, 1.54) is 13.3 Å². The number of hydrogen-bond donors (Lipinski definition) is 1. The Morgan fingerprint density at radius 1 is 1.21 bits per heavy atom. The van der Waals surface area contributed by atoms with E-state index >= 15 is 0 Å². The monoisotopic (exact) mass is 395 g/mol. The first-order valence-electron chi connectivity index (χ1n) is 8.40. The summed E-state index contributed by atoms with van der Waals surface area (Å²) in [5.74, 6) is 6.72. The second-order valence-corrected chi connectivity index (χ2v) is 6.26. The molecule has 3 aromatic rings. The SMILES string of the molecule is COc1cc(NC(=O)c2cnn(C)c2)ccc1OCC#Cc1ccc(Cl)cc1. The number of nitrogens with zero attached hydrogens (tertiary/aromatic N) is 2. The van der Waals surface area contributed by atoms with Crippen LogP contribution in [0.1, 0.15) is 15.9 Å². The van der Waals surface area contributed by atoms with Gasteiger partial charge in [0, 0.05) is 35.6 Å². The first kappa shape index (κ1) is 19.3. The fourth-order valence-corrected chi connectivity index (χ4v) is 2.52. The molecule has 1 amide bonds. The topological polar surface area (TPSA) is 65.4 Å². The summed E-state index contributed by atoms with van der Waals surface area (Å²) in [4.78, 5) is 12.2. The number of aryl methyl sites for hydroxylation is 1. The van der Waals surface area contributed by atoms with Gasteiger partial charge in [0.25, 0.3) is 5.91 Å². The quantitative estimate of drug-likeness (QED) is 0.668. The van der Waals surface area contributed by atoms with E-state index in [1.807, 2.05) is 12.1 Å². The second-order valence-electron chi connectivity index (χ2n) is 5.82. The zero-order valence-corrected chi connectivity index (χ0v) is 16.2. The Morgan fingerprint density at radius 3 is 2.68 bits per heavy atom. The number of carbonyl (C=O) groups is 1. The van der Waals surface area contributed by atoms with Crippen LogP contribution in [0.25, 0.3) is 0 Å². The van der Waals surface area contributed by atoms with E-state index in [9.17, 15) is 4.79 Å². The Kier molecular flexibility index (Phi) is 6.20. The van der Waals surface area contributed by atoms with Crippen molar-refractivity contribution in [3.63, 3.8) is 0 Å². The maximum absolute atomic E-state index is 12.2. The van der Waals surface area contributed by atoms with Crippen molar-refractivity contribution in [1.82, 2.24) is 9.78 Å². The predicted molar refractivity (Wildman–Crippen MR) is 108 cm³/mol. The van der Waals surface area contributed by atoms with Crippen molar-refractivity contribution < 1.29 is 14.3 Å². The van der Waals surface area contributed by atoms with Gasteiger partial charge < -0.3 is 14.8 Å². The normalized spacial score (nSPS) is 9.96. The summed E-state index contributed by atoms with van der Waals surface area (Å²) < 4.78 is 12.6. The Bertz CT molecular complexity index is 1030.